The maximum Gasteiger partial charge on any atom is 0.276 e. The zero-order valence-corrected chi connectivity index (χ0v) is 15.2. The molecule has 1 aliphatic rings. The Kier molecular flexibility index (Phi) is 6.21. The number of aliphatic hydroxyl groups is 1. The molecule has 1 N–H and O–H groups in total. The summed E-state index contributed by atoms with van der Waals surface area (Å²) in [5.74, 6) is -0.531. The van der Waals surface area contributed by atoms with Gasteiger partial charge in [-0.1, -0.05) is 22.9 Å². The van der Waals surface area contributed by atoms with E-state index in [0.717, 1.165) is 25.7 Å². The highest BCUT2D eigenvalue weighted by molar-refractivity contribution is 6.31. The van der Waals surface area contributed by atoms with Crippen molar-refractivity contribution in [1.29, 1.82) is 0 Å². The molecule has 140 valence electrons. The van der Waals surface area contributed by atoms with Gasteiger partial charge in [-0.3, -0.25) is 4.79 Å². The van der Waals surface area contributed by atoms with Crippen molar-refractivity contribution in [2.75, 3.05) is 13.2 Å². The quantitative estimate of drug-likeness (QED) is 0.836. The Labute approximate surface area is 156 Å². The summed E-state index contributed by atoms with van der Waals surface area (Å²) in [6.07, 6.45) is 6.09. The molecule has 1 fully saturated rings. The lowest BCUT2D eigenvalue weighted by Gasteiger charge is -2.35. The van der Waals surface area contributed by atoms with Crippen LogP contribution in [0.15, 0.2) is 24.4 Å². The van der Waals surface area contributed by atoms with Gasteiger partial charge in [0.15, 0.2) is 5.69 Å². The van der Waals surface area contributed by atoms with Crippen LogP contribution in [0.2, 0.25) is 5.02 Å². The van der Waals surface area contributed by atoms with Gasteiger partial charge in [-0.25, -0.2) is 9.07 Å². The van der Waals surface area contributed by atoms with Crippen molar-refractivity contribution in [3.63, 3.8) is 0 Å². The van der Waals surface area contributed by atoms with E-state index in [1.54, 1.807) is 12.3 Å². The van der Waals surface area contributed by atoms with E-state index in [1.807, 2.05) is 4.90 Å². The molecule has 0 aliphatic carbocycles. The Morgan fingerprint density at radius 1 is 1.38 bits per heavy atom. The minimum absolute atomic E-state index is 0.132. The van der Waals surface area contributed by atoms with Gasteiger partial charge in [0.05, 0.1) is 12.7 Å². The predicted molar refractivity (Wildman–Crippen MR) is 95.5 cm³/mol. The molecule has 0 spiro atoms. The molecule has 0 bridgehead atoms. The number of amides is 1. The van der Waals surface area contributed by atoms with E-state index in [9.17, 15) is 9.18 Å². The van der Waals surface area contributed by atoms with Gasteiger partial charge in [0, 0.05) is 24.2 Å². The highest BCUT2D eigenvalue weighted by Crippen LogP contribution is 2.23. The first-order chi connectivity index (χ1) is 12.6. The van der Waals surface area contributed by atoms with Crippen LogP contribution in [0.1, 0.15) is 48.2 Å². The number of aromatic nitrogens is 3. The van der Waals surface area contributed by atoms with Crippen LogP contribution in [-0.4, -0.2) is 50.1 Å². The lowest BCUT2D eigenvalue weighted by molar-refractivity contribution is 0.0584. The molecule has 6 nitrogen and oxygen atoms in total. The summed E-state index contributed by atoms with van der Waals surface area (Å²) in [6, 6.07) is 4.32. The highest BCUT2D eigenvalue weighted by atomic mass is 35.5. The fraction of sp³-hybridized carbons (Fsp3) is 0.500. The smallest absolute Gasteiger partial charge is 0.276 e. The number of piperidine rings is 1. The van der Waals surface area contributed by atoms with Crippen molar-refractivity contribution in [2.45, 2.75) is 44.7 Å². The third-order valence-corrected chi connectivity index (χ3v) is 5.04. The van der Waals surface area contributed by atoms with Gasteiger partial charge in [-0.15, -0.1) is 5.10 Å². The van der Waals surface area contributed by atoms with Crippen LogP contribution < -0.4 is 0 Å². The number of aliphatic hydroxyl groups excluding tert-OH is 1. The summed E-state index contributed by atoms with van der Waals surface area (Å²) in [6.45, 7) is 1.14. The van der Waals surface area contributed by atoms with Crippen LogP contribution in [0.5, 0.6) is 0 Å². The van der Waals surface area contributed by atoms with Crippen molar-refractivity contribution in [3.8, 4) is 0 Å². The third kappa shape index (κ3) is 4.40. The minimum atomic E-state index is -0.396. The van der Waals surface area contributed by atoms with Gasteiger partial charge < -0.3 is 10.0 Å². The van der Waals surface area contributed by atoms with Crippen LogP contribution in [-0.2, 0) is 6.54 Å². The number of halogens is 2. The SMILES string of the molecule is O=C(c1cn(Cc2ccc(F)cc2Cl)nn1)N1CCCC[C@@H]1CCCO. The summed E-state index contributed by atoms with van der Waals surface area (Å²) in [5.41, 5.74) is 0.995. The van der Waals surface area contributed by atoms with Crippen molar-refractivity contribution >= 4 is 17.5 Å². The molecule has 0 saturated carbocycles. The topological polar surface area (TPSA) is 71.2 Å². The highest BCUT2D eigenvalue weighted by Gasteiger charge is 2.28. The first kappa shape index (κ1) is 18.8. The Hall–Kier alpha value is -1.99. The van der Waals surface area contributed by atoms with E-state index in [0.29, 0.717) is 35.8 Å². The Morgan fingerprint density at radius 3 is 3.00 bits per heavy atom. The van der Waals surface area contributed by atoms with Crippen molar-refractivity contribution in [1.82, 2.24) is 19.9 Å². The Balaban J connectivity index is 1.70. The first-order valence-corrected chi connectivity index (χ1v) is 9.22. The van der Waals surface area contributed by atoms with Crippen molar-refractivity contribution < 1.29 is 14.3 Å². The van der Waals surface area contributed by atoms with Gasteiger partial charge in [0.25, 0.3) is 5.91 Å². The van der Waals surface area contributed by atoms with Gasteiger partial charge in [0.1, 0.15) is 5.82 Å². The normalized spacial score (nSPS) is 17.5. The summed E-state index contributed by atoms with van der Waals surface area (Å²) < 4.78 is 14.7. The number of hydrogen-bond acceptors (Lipinski definition) is 4. The Bertz CT molecular complexity index is 767. The first-order valence-electron chi connectivity index (χ1n) is 8.84. The maximum atomic E-state index is 13.1. The number of carbonyl (C=O) groups excluding carboxylic acids is 1. The molecule has 1 aliphatic heterocycles. The maximum absolute atomic E-state index is 13.1. The van der Waals surface area contributed by atoms with E-state index in [-0.39, 0.29) is 18.6 Å². The van der Waals surface area contributed by atoms with E-state index in [2.05, 4.69) is 10.3 Å². The number of carbonyl (C=O) groups is 1. The molecule has 1 aromatic heterocycles. The summed E-state index contributed by atoms with van der Waals surface area (Å²) in [4.78, 5) is 14.7. The molecule has 2 aromatic rings. The van der Waals surface area contributed by atoms with E-state index >= 15 is 0 Å². The monoisotopic (exact) mass is 380 g/mol. The van der Waals surface area contributed by atoms with Crippen LogP contribution in [0.25, 0.3) is 0 Å². The lowest BCUT2D eigenvalue weighted by Crippen LogP contribution is -2.44. The number of likely N-dealkylation sites (tertiary alicyclic amines) is 1. The van der Waals surface area contributed by atoms with Crippen molar-refractivity contribution in [2.24, 2.45) is 0 Å². The predicted octanol–water partition coefficient (Wildman–Crippen LogP) is 2.89. The van der Waals surface area contributed by atoms with Crippen LogP contribution in [0, 0.1) is 5.82 Å². The average Bonchev–Trinajstić information content (AvgIpc) is 3.10. The van der Waals surface area contributed by atoms with Crippen LogP contribution in [0.4, 0.5) is 4.39 Å². The second kappa shape index (κ2) is 8.60. The second-order valence-electron chi connectivity index (χ2n) is 6.55. The van der Waals surface area contributed by atoms with Gasteiger partial charge in [-0.2, -0.15) is 0 Å². The fourth-order valence-electron chi connectivity index (χ4n) is 3.34. The zero-order valence-electron chi connectivity index (χ0n) is 14.4. The van der Waals surface area contributed by atoms with E-state index < -0.39 is 5.82 Å². The Morgan fingerprint density at radius 2 is 2.23 bits per heavy atom. The largest absolute Gasteiger partial charge is 0.396 e. The molecule has 0 unspecified atom stereocenters. The summed E-state index contributed by atoms with van der Waals surface area (Å²) >= 11 is 6.04. The summed E-state index contributed by atoms with van der Waals surface area (Å²) in [5, 5.41) is 17.4. The number of nitrogens with zero attached hydrogens (tertiary/aromatic N) is 4. The van der Waals surface area contributed by atoms with E-state index in [4.69, 9.17) is 16.7 Å². The zero-order chi connectivity index (χ0) is 18.5. The third-order valence-electron chi connectivity index (χ3n) is 4.69. The summed E-state index contributed by atoms with van der Waals surface area (Å²) in [7, 11) is 0. The van der Waals surface area contributed by atoms with Crippen molar-refractivity contribution in [3.05, 3.63) is 46.5 Å². The fourth-order valence-corrected chi connectivity index (χ4v) is 3.57. The number of hydrogen-bond donors (Lipinski definition) is 1. The molecular formula is C18H22ClFN4O2. The molecule has 26 heavy (non-hydrogen) atoms. The molecule has 8 heteroatoms. The lowest BCUT2D eigenvalue weighted by atomic mass is 9.97. The molecule has 1 saturated heterocycles. The van der Waals surface area contributed by atoms with Gasteiger partial charge in [0.2, 0.25) is 0 Å². The standard InChI is InChI=1S/C18H22ClFN4O2/c19-16-10-14(20)7-6-13(16)11-23-12-17(21-22-23)18(26)24-8-2-1-4-15(24)5-3-9-25/h6-7,10,12,15,25H,1-5,8-9,11H2/t15-/m1/s1. The molecule has 2 heterocycles. The molecular weight excluding hydrogens is 359 g/mol. The van der Waals surface area contributed by atoms with Gasteiger partial charge >= 0.3 is 0 Å². The molecule has 1 aromatic carbocycles. The molecule has 1 amide bonds. The van der Waals surface area contributed by atoms with Crippen LogP contribution in [0.3, 0.4) is 0 Å². The average molecular weight is 381 g/mol. The van der Waals surface area contributed by atoms with Crippen LogP contribution >= 0.6 is 11.6 Å². The number of rotatable bonds is 6. The number of benzene rings is 1. The minimum Gasteiger partial charge on any atom is -0.396 e. The molecule has 1 atom stereocenters. The van der Waals surface area contributed by atoms with Gasteiger partial charge in [-0.05, 0) is 49.8 Å². The molecule has 3 rings (SSSR count). The second-order valence-corrected chi connectivity index (χ2v) is 6.96. The van der Waals surface area contributed by atoms with E-state index in [1.165, 1.54) is 16.8 Å². The molecule has 0 radical (unpaired) electrons.